The zero-order chi connectivity index (χ0) is 15.7. The molecule has 0 heterocycles. The minimum atomic E-state index is -3.98. The van der Waals surface area contributed by atoms with E-state index in [2.05, 4.69) is 4.72 Å². The lowest BCUT2D eigenvalue weighted by Gasteiger charge is -2.39. The van der Waals surface area contributed by atoms with Gasteiger partial charge in [0, 0.05) is 0 Å². The van der Waals surface area contributed by atoms with Gasteiger partial charge in [-0.05, 0) is 30.9 Å². The lowest BCUT2D eigenvalue weighted by Crippen LogP contribution is -2.53. The van der Waals surface area contributed by atoms with Gasteiger partial charge in [-0.25, -0.2) is 17.5 Å². The molecule has 0 aliphatic heterocycles. The van der Waals surface area contributed by atoms with Crippen molar-refractivity contribution < 1.29 is 17.9 Å². The number of rotatable bonds is 4. The Morgan fingerprint density at radius 1 is 1.52 bits per heavy atom. The Labute approximate surface area is 124 Å². The summed E-state index contributed by atoms with van der Waals surface area (Å²) >= 11 is 0. The molecule has 0 aromatic heterocycles. The standard InChI is InChI=1S/C14H21FN2O3S/c1-10-4-3-7-14(8-10,9-18)17-21(19,20)12-6-2-5-11(15)13(12)16/h2,5-6,10,17-18H,3-4,7-9,16H2,1H3. The van der Waals surface area contributed by atoms with E-state index in [-0.39, 0.29) is 11.5 Å². The Morgan fingerprint density at radius 2 is 2.24 bits per heavy atom. The van der Waals surface area contributed by atoms with Crippen LogP contribution >= 0.6 is 0 Å². The highest BCUT2D eigenvalue weighted by Crippen LogP contribution is 2.34. The van der Waals surface area contributed by atoms with E-state index in [0.29, 0.717) is 18.8 Å². The monoisotopic (exact) mass is 316 g/mol. The van der Waals surface area contributed by atoms with Crippen LogP contribution in [0.4, 0.5) is 10.1 Å². The van der Waals surface area contributed by atoms with Crippen molar-refractivity contribution in [2.45, 2.75) is 43.0 Å². The number of nitrogens with two attached hydrogens (primary N) is 1. The van der Waals surface area contributed by atoms with Crippen LogP contribution in [0.3, 0.4) is 0 Å². The van der Waals surface area contributed by atoms with Crippen molar-refractivity contribution in [2.75, 3.05) is 12.3 Å². The van der Waals surface area contributed by atoms with Crippen LogP contribution in [0, 0.1) is 11.7 Å². The van der Waals surface area contributed by atoms with Gasteiger partial charge in [-0.15, -0.1) is 0 Å². The third kappa shape index (κ3) is 3.36. The van der Waals surface area contributed by atoms with Gasteiger partial charge in [0.1, 0.15) is 10.7 Å². The van der Waals surface area contributed by atoms with Crippen molar-refractivity contribution in [3.63, 3.8) is 0 Å². The third-order valence-corrected chi connectivity index (χ3v) is 5.68. The van der Waals surface area contributed by atoms with Gasteiger partial charge in [-0.2, -0.15) is 0 Å². The summed E-state index contributed by atoms with van der Waals surface area (Å²) in [7, 11) is -3.98. The zero-order valence-electron chi connectivity index (χ0n) is 12.0. The summed E-state index contributed by atoms with van der Waals surface area (Å²) in [4.78, 5) is -0.284. The van der Waals surface area contributed by atoms with Gasteiger partial charge in [-0.3, -0.25) is 0 Å². The average molecular weight is 316 g/mol. The largest absolute Gasteiger partial charge is 0.395 e. The molecule has 0 radical (unpaired) electrons. The number of nitrogens with one attached hydrogen (secondary N) is 1. The number of aliphatic hydroxyl groups excluding tert-OH is 1. The number of anilines is 1. The SMILES string of the molecule is CC1CCCC(CO)(NS(=O)(=O)c2cccc(F)c2N)C1. The van der Waals surface area contributed by atoms with Crippen LogP contribution in [-0.2, 0) is 10.0 Å². The second-order valence-corrected chi connectivity index (χ2v) is 7.55. The summed E-state index contributed by atoms with van der Waals surface area (Å²) in [6.45, 7) is 1.74. The minimum Gasteiger partial charge on any atom is -0.395 e. The predicted molar refractivity (Wildman–Crippen MR) is 78.6 cm³/mol. The molecule has 0 amide bonds. The van der Waals surface area contributed by atoms with E-state index in [1.807, 2.05) is 6.92 Å². The number of hydrogen-bond acceptors (Lipinski definition) is 4. The molecule has 5 nitrogen and oxygen atoms in total. The first kappa shape index (κ1) is 16.2. The number of para-hydroxylation sites is 1. The highest BCUT2D eigenvalue weighted by molar-refractivity contribution is 7.89. The van der Waals surface area contributed by atoms with Crippen molar-refractivity contribution in [2.24, 2.45) is 5.92 Å². The van der Waals surface area contributed by atoms with Crippen molar-refractivity contribution in [1.82, 2.24) is 4.72 Å². The second kappa shape index (κ2) is 5.90. The number of benzene rings is 1. The lowest BCUT2D eigenvalue weighted by atomic mass is 9.78. The molecular weight excluding hydrogens is 295 g/mol. The highest BCUT2D eigenvalue weighted by atomic mass is 32.2. The smallest absolute Gasteiger partial charge is 0.243 e. The number of sulfonamides is 1. The van der Waals surface area contributed by atoms with Gasteiger partial charge in [0.05, 0.1) is 17.8 Å². The summed E-state index contributed by atoms with van der Waals surface area (Å²) < 4.78 is 41.0. The van der Waals surface area contributed by atoms with Crippen molar-refractivity contribution >= 4 is 15.7 Å². The number of halogens is 1. The maximum Gasteiger partial charge on any atom is 0.243 e. The van der Waals surface area contributed by atoms with Gasteiger partial charge in [0.25, 0.3) is 0 Å². The molecule has 2 atom stereocenters. The van der Waals surface area contributed by atoms with Crippen LogP contribution in [0.25, 0.3) is 0 Å². The Kier molecular flexibility index (Phi) is 4.55. The maximum atomic E-state index is 13.5. The van der Waals surface area contributed by atoms with Gasteiger partial charge in [-0.1, -0.05) is 25.8 Å². The first-order valence-corrected chi connectivity index (χ1v) is 8.47. The summed E-state index contributed by atoms with van der Waals surface area (Å²) in [5, 5.41) is 9.66. The molecule has 1 fully saturated rings. The quantitative estimate of drug-likeness (QED) is 0.736. The van der Waals surface area contributed by atoms with Crippen LogP contribution in [-0.4, -0.2) is 25.7 Å². The summed E-state index contributed by atoms with van der Waals surface area (Å²) in [5.41, 5.74) is 4.23. The Morgan fingerprint density at radius 3 is 2.86 bits per heavy atom. The van der Waals surface area contributed by atoms with Gasteiger partial charge in [0.2, 0.25) is 10.0 Å². The Bertz CT molecular complexity index is 621. The fourth-order valence-corrected chi connectivity index (χ4v) is 4.59. The normalized spacial score (nSPS) is 26.7. The molecule has 2 rings (SSSR count). The van der Waals surface area contributed by atoms with Crippen molar-refractivity contribution in [3.8, 4) is 0 Å². The molecule has 4 N–H and O–H groups in total. The average Bonchev–Trinajstić information content (AvgIpc) is 2.41. The first-order valence-electron chi connectivity index (χ1n) is 6.98. The molecule has 1 aliphatic rings. The molecule has 0 bridgehead atoms. The van der Waals surface area contributed by atoms with Crippen LogP contribution in [0.15, 0.2) is 23.1 Å². The second-order valence-electron chi connectivity index (χ2n) is 5.90. The molecular formula is C14H21FN2O3S. The van der Waals surface area contributed by atoms with E-state index in [4.69, 9.17) is 5.73 Å². The van der Waals surface area contributed by atoms with E-state index >= 15 is 0 Å². The number of aliphatic hydroxyl groups is 1. The number of nitrogen functional groups attached to an aromatic ring is 1. The summed E-state index contributed by atoms with van der Waals surface area (Å²) in [6.07, 6.45) is 2.95. The molecule has 0 spiro atoms. The third-order valence-electron chi connectivity index (χ3n) is 4.05. The summed E-state index contributed by atoms with van der Waals surface area (Å²) in [6, 6.07) is 3.67. The molecule has 0 saturated heterocycles. The molecule has 118 valence electrons. The molecule has 1 aromatic carbocycles. The molecule has 1 saturated carbocycles. The van der Waals surface area contributed by atoms with Gasteiger partial charge >= 0.3 is 0 Å². The molecule has 21 heavy (non-hydrogen) atoms. The molecule has 2 unspecified atom stereocenters. The minimum absolute atomic E-state index is 0.284. The van der Waals surface area contributed by atoms with Crippen LogP contribution < -0.4 is 10.5 Å². The lowest BCUT2D eigenvalue weighted by molar-refractivity contribution is 0.120. The summed E-state index contributed by atoms with van der Waals surface area (Å²) in [5.74, 6) is -0.452. The molecule has 1 aliphatic carbocycles. The van der Waals surface area contributed by atoms with Crippen LogP contribution in [0.2, 0.25) is 0 Å². The topological polar surface area (TPSA) is 92.4 Å². The Balaban J connectivity index is 2.33. The van der Waals surface area contributed by atoms with Crippen LogP contribution in [0.1, 0.15) is 32.6 Å². The van der Waals surface area contributed by atoms with E-state index in [1.54, 1.807) is 0 Å². The van der Waals surface area contributed by atoms with E-state index in [9.17, 15) is 17.9 Å². The van der Waals surface area contributed by atoms with Crippen LogP contribution in [0.5, 0.6) is 0 Å². The van der Waals surface area contributed by atoms with Crippen molar-refractivity contribution in [1.29, 1.82) is 0 Å². The fraction of sp³-hybridized carbons (Fsp3) is 0.571. The maximum absolute atomic E-state index is 13.5. The zero-order valence-corrected chi connectivity index (χ0v) is 12.8. The van der Waals surface area contributed by atoms with E-state index in [1.165, 1.54) is 12.1 Å². The molecule has 1 aromatic rings. The van der Waals surface area contributed by atoms with Crippen molar-refractivity contribution in [3.05, 3.63) is 24.0 Å². The Hall–Kier alpha value is -1.18. The number of hydrogen-bond donors (Lipinski definition) is 3. The molecule has 7 heteroatoms. The highest BCUT2D eigenvalue weighted by Gasteiger charge is 2.38. The van der Waals surface area contributed by atoms with E-state index in [0.717, 1.165) is 18.9 Å². The van der Waals surface area contributed by atoms with Gasteiger partial charge < -0.3 is 10.8 Å². The van der Waals surface area contributed by atoms with E-state index < -0.39 is 27.1 Å². The first-order chi connectivity index (χ1) is 9.80. The fourth-order valence-electron chi connectivity index (χ4n) is 3.02. The predicted octanol–water partition coefficient (Wildman–Crippen LogP) is 1.63. The van der Waals surface area contributed by atoms with Gasteiger partial charge in [0.15, 0.2) is 0 Å².